The molecule has 1 aromatic heterocycles. The van der Waals surface area contributed by atoms with Crippen molar-refractivity contribution in [3.05, 3.63) is 69.9 Å². The molecule has 0 saturated carbocycles. The highest BCUT2D eigenvalue weighted by atomic mass is 16.5. The molecule has 1 fully saturated rings. The van der Waals surface area contributed by atoms with Gasteiger partial charge in [0.2, 0.25) is 0 Å². The SMILES string of the molecule is COC(=O)c1cccc(COc2ccc3c(=O)cc(N4CCOCC4)oc3c2)c1. The van der Waals surface area contributed by atoms with E-state index in [-0.39, 0.29) is 12.0 Å². The Kier molecular flexibility index (Phi) is 5.48. The van der Waals surface area contributed by atoms with Gasteiger partial charge in [0.1, 0.15) is 17.9 Å². The van der Waals surface area contributed by atoms with E-state index in [1.807, 2.05) is 11.0 Å². The Morgan fingerprint density at radius 2 is 1.93 bits per heavy atom. The lowest BCUT2D eigenvalue weighted by Crippen LogP contribution is -2.36. The summed E-state index contributed by atoms with van der Waals surface area (Å²) in [5, 5.41) is 0.502. The molecule has 7 heteroatoms. The van der Waals surface area contributed by atoms with Crippen molar-refractivity contribution in [2.45, 2.75) is 6.61 Å². The van der Waals surface area contributed by atoms with Crippen molar-refractivity contribution < 1.29 is 23.4 Å². The van der Waals surface area contributed by atoms with Gasteiger partial charge < -0.3 is 23.5 Å². The normalized spacial score (nSPS) is 14.0. The molecular weight excluding hydrogens is 374 g/mol. The highest BCUT2D eigenvalue weighted by Gasteiger charge is 2.16. The van der Waals surface area contributed by atoms with Crippen LogP contribution >= 0.6 is 0 Å². The van der Waals surface area contributed by atoms with Crippen LogP contribution in [0.3, 0.4) is 0 Å². The fourth-order valence-electron chi connectivity index (χ4n) is 3.22. The van der Waals surface area contributed by atoms with Gasteiger partial charge in [0, 0.05) is 25.2 Å². The fraction of sp³-hybridized carbons (Fsp3) is 0.273. The van der Waals surface area contributed by atoms with Crippen LogP contribution in [0.1, 0.15) is 15.9 Å². The van der Waals surface area contributed by atoms with Crippen LogP contribution in [0.15, 0.2) is 57.7 Å². The Hall–Kier alpha value is -3.32. The molecule has 3 aromatic rings. The van der Waals surface area contributed by atoms with Crippen LogP contribution in [-0.2, 0) is 16.1 Å². The van der Waals surface area contributed by atoms with E-state index in [0.717, 1.165) is 5.56 Å². The first-order chi connectivity index (χ1) is 14.1. The molecule has 0 radical (unpaired) electrons. The standard InChI is InChI=1S/C22H21NO6/c1-26-22(25)16-4-2-3-15(11-16)14-28-17-5-6-18-19(24)13-21(29-20(18)12-17)23-7-9-27-10-8-23/h2-6,11-13H,7-10,14H2,1H3. The van der Waals surface area contributed by atoms with Crippen LogP contribution in [-0.4, -0.2) is 39.4 Å². The van der Waals surface area contributed by atoms with Crippen molar-refractivity contribution >= 4 is 22.8 Å². The molecule has 4 rings (SSSR count). The number of fused-ring (bicyclic) bond motifs is 1. The van der Waals surface area contributed by atoms with Gasteiger partial charge in [-0.15, -0.1) is 0 Å². The minimum absolute atomic E-state index is 0.0925. The minimum Gasteiger partial charge on any atom is -0.489 e. The maximum absolute atomic E-state index is 12.5. The number of ether oxygens (including phenoxy) is 3. The second-order valence-electron chi connectivity index (χ2n) is 6.69. The van der Waals surface area contributed by atoms with Gasteiger partial charge in [0.05, 0.1) is 31.3 Å². The van der Waals surface area contributed by atoms with Crippen molar-refractivity contribution in [3.8, 4) is 5.75 Å². The van der Waals surface area contributed by atoms with E-state index in [9.17, 15) is 9.59 Å². The zero-order chi connectivity index (χ0) is 20.2. The van der Waals surface area contributed by atoms with E-state index >= 15 is 0 Å². The lowest BCUT2D eigenvalue weighted by atomic mass is 10.1. The first-order valence-electron chi connectivity index (χ1n) is 9.35. The second-order valence-corrected chi connectivity index (χ2v) is 6.69. The molecule has 0 amide bonds. The van der Waals surface area contributed by atoms with E-state index in [1.165, 1.54) is 13.2 Å². The van der Waals surface area contributed by atoms with Crippen LogP contribution in [0.5, 0.6) is 5.75 Å². The molecule has 2 heterocycles. The predicted octanol–water partition coefficient (Wildman–Crippen LogP) is 3.00. The van der Waals surface area contributed by atoms with Crippen LogP contribution < -0.4 is 15.1 Å². The van der Waals surface area contributed by atoms with Gasteiger partial charge >= 0.3 is 5.97 Å². The molecule has 150 valence electrons. The summed E-state index contributed by atoms with van der Waals surface area (Å²) in [7, 11) is 1.35. The molecular formula is C22H21NO6. The molecule has 2 aromatic carbocycles. The summed E-state index contributed by atoms with van der Waals surface area (Å²) in [6.07, 6.45) is 0. The van der Waals surface area contributed by atoms with Crippen LogP contribution in [0.2, 0.25) is 0 Å². The maximum Gasteiger partial charge on any atom is 0.337 e. The van der Waals surface area contributed by atoms with E-state index in [2.05, 4.69) is 0 Å². The number of nitrogens with zero attached hydrogens (tertiary/aromatic N) is 1. The van der Waals surface area contributed by atoms with Gasteiger partial charge in [0.15, 0.2) is 11.3 Å². The number of methoxy groups -OCH3 is 1. The molecule has 0 unspecified atom stereocenters. The molecule has 0 atom stereocenters. The average Bonchev–Trinajstić information content (AvgIpc) is 2.77. The third-order valence-corrected chi connectivity index (χ3v) is 4.76. The van der Waals surface area contributed by atoms with Crippen molar-refractivity contribution in [2.75, 3.05) is 38.3 Å². The summed E-state index contributed by atoms with van der Waals surface area (Å²) < 4.78 is 21.9. The summed E-state index contributed by atoms with van der Waals surface area (Å²) >= 11 is 0. The predicted molar refractivity (Wildman–Crippen MR) is 108 cm³/mol. The molecule has 7 nitrogen and oxygen atoms in total. The Morgan fingerprint density at radius 3 is 2.72 bits per heavy atom. The Bertz CT molecular complexity index is 1080. The third-order valence-electron chi connectivity index (χ3n) is 4.76. The van der Waals surface area contributed by atoms with Gasteiger partial charge in [-0.3, -0.25) is 4.79 Å². The quantitative estimate of drug-likeness (QED) is 0.615. The zero-order valence-electron chi connectivity index (χ0n) is 16.1. The van der Waals surface area contributed by atoms with Gasteiger partial charge in [0.25, 0.3) is 0 Å². The van der Waals surface area contributed by atoms with Gasteiger partial charge in [-0.1, -0.05) is 12.1 Å². The maximum atomic E-state index is 12.5. The summed E-state index contributed by atoms with van der Waals surface area (Å²) in [6, 6.07) is 13.7. The first-order valence-corrected chi connectivity index (χ1v) is 9.35. The number of esters is 1. The van der Waals surface area contributed by atoms with E-state index in [1.54, 1.807) is 36.4 Å². The fourth-order valence-corrected chi connectivity index (χ4v) is 3.22. The molecule has 1 aliphatic rings. The lowest BCUT2D eigenvalue weighted by Gasteiger charge is -2.27. The van der Waals surface area contributed by atoms with Crippen molar-refractivity contribution in [2.24, 2.45) is 0 Å². The smallest absolute Gasteiger partial charge is 0.337 e. The Balaban J connectivity index is 1.55. The van der Waals surface area contributed by atoms with Crippen LogP contribution in [0.25, 0.3) is 11.0 Å². The van der Waals surface area contributed by atoms with E-state index in [0.29, 0.717) is 54.5 Å². The Morgan fingerprint density at radius 1 is 1.10 bits per heavy atom. The number of morpholine rings is 1. The minimum atomic E-state index is -0.394. The van der Waals surface area contributed by atoms with E-state index in [4.69, 9.17) is 18.6 Å². The molecule has 1 saturated heterocycles. The van der Waals surface area contributed by atoms with Crippen LogP contribution in [0, 0.1) is 0 Å². The highest BCUT2D eigenvalue weighted by molar-refractivity contribution is 5.89. The lowest BCUT2D eigenvalue weighted by molar-refractivity contribution is 0.0600. The number of carbonyl (C=O) groups excluding carboxylic acids is 1. The molecule has 1 aliphatic heterocycles. The number of hydrogen-bond donors (Lipinski definition) is 0. The topological polar surface area (TPSA) is 78.2 Å². The summed E-state index contributed by atoms with van der Waals surface area (Å²) in [5.41, 5.74) is 1.68. The molecule has 0 spiro atoms. The molecule has 0 bridgehead atoms. The van der Waals surface area contributed by atoms with Crippen molar-refractivity contribution in [3.63, 3.8) is 0 Å². The van der Waals surface area contributed by atoms with Crippen molar-refractivity contribution in [1.29, 1.82) is 0 Å². The Labute approximate surface area is 167 Å². The average molecular weight is 395 g/mol. The first kappa shape index (κ1) is 19.0. The van der Waals surface area contributed by atoms with Crippen LogP contribution in [0.4, 0.5) is 5.88 Å². The van der Waals surface area contributed by atoms with Gasteiger partial charge in [-0.05, 0) is 29.8 Å². The second kappa shape index (κ2) is 8.36. The zero-order valence-corrected chi connectivity index (χ0v) is 16.1. The van der Waals surface area contributed by atoms with E-state index < -0.39 is 5.97 Å². The summed E-state index contributed by atoms with van der Waals surface area (Å²) in [4.78, 5) is 26.1. The number of benzene rings is 2. The number of rotatable bonds is 5. The number of anilines is 1. The van der Waals surface area contributed by atoms with Gasteiger partial charge in [-0.2, -0.15) is 0 Å². The number of hydrogen-bond acceptors (Lipinski definition) is 7. The third kappa shape index (κ3) is 4.25. The molecule has 0 N–H and O–H groups in total. The largest absolute Gasteiger partial charge is 0.489 e. The number of carbonyl (C=O) groups is 1. The summed E-state index contributed by atoms with van der Waals surface area (Å²) in [6.45, 7) is 2.84. The molecule has 29 heavy (non-hydrogen) atoms. The van der Waals surface area contributed by atoms with Gasteiger partial charge in [-0.25, -0.2) is 4.79 Å². The molecule has 0 aliphatic carbocycles. The summed E-state index contributed by atoms with van der Waals surface area (Å²) in [5.74, 6) is 0.715. The monoisotopic (exact) mass is 395 g/mol. The highest BCUT2D eigenvalue weighted by Crippen LogP contribution is 2.24. The van der Waals surface area contributed by atoms with Crippen molar-refractivity contribution in [1.82, 2.24) is 0 Å².